The van der Waals surface area contributed by atoms with E-state index in [2.05, 4.69) is 41.1 Å². The van der Waals surface area contributed by atoms with Crippen LogP contribution in [-0.2, 0) is 43.1 Å². The molecule has 7 N–H and O–H groups in total. The van der Waals surface area contributed by atoms with Gasteiger partial charge in [0.25, 0.3) is 0 Å². The first-order valence-corrected chi connectivity index (χ1v) is 34.2. The predicted molar refractivity (Wildman–Crippen MR) is 332 cm³/mol. The lowest BCUT2D eigenvalue weighted by molar-refractivity contribution is -0.228. The maximum Gasteiger partial charge on any atom is 0.334 e. The van der Waals surface area contributed by atoms with Crippen LogP contribution in [0.2, 0.25) is 0 Å². The third-order valence-corrected chi connectivity index (χ3v) is 24.0. The molecule has 17 unspecified atom stereocenters. The van der Waals surface area contributed by atoms with Gasteiger partial charge in [-0.1, -0.05) is 112 Å². The average Bonchev–Trinajstić information content (AvgIpc) is 0.887. The number of carbonyl (C=O) groups is 3. The number of hydrogen-bond acceptors (Lipinski definition) is 13. The van der Waals surface area contributed by atoms with Crippen LogP contribution in [0.15, 0.2) is 60.2 Å². The van der Waals surface area contributed by atoms with Gasteiger partial charge in [-0.05, 0) is 184 Å². The molecule has 0 aromatic heterocycles. The summed E-state index contributed by atoms with van der Waals surface area (Å²) in [6.07, 6.45) is 14.5. The van der Waals surface area contributed by atoms with Crippen molar-refractivity contribution in [3.63, 3.8) is 0 Å². The zero-order chi connectivity index (χ0) is 60.6. The Hall–Kier alpha value is -5.51. The van der Waals surface area contributed by atoms with Crippen LogP contribution in [0.25, 0.3) is 0 Å². The first-order chi connectivity index (χ1) is 42.5. The van der Waals surface area contributed by atoms with Gasteiger partial charge in [-0.25, -0.2) is 4.79 Å². The molecule has 7 heterocycles. The topological polar surface area (TPSA) is 212 Å². The number of aliphatic hydroxyl groups excluding tert-OH is 3. The molecular weight excluding hydrogens is 1110 g/mol. The van der Waals surface area contributed by atoms with Crippen LogP contribution < -0.4 is 10.1 Å². The number of esters is 2. The van der Waals surface area contributed by atoms with Gasteiger partial charge in [0.1, 0.15) is 40.7 Å². The molecule has 16 rings (SSSR count). The first-order valence-electron chi connectivity index (χ1n) is 34.2. The summed E-state index contributed by atoms with van der Waals surface area (Å²) in [5, 5.41) is 80.9. The number of ketones is 1. The maximum atomic E-state index is 16.2. The van der Waals surface area contributed by atoms with Gasteiger partial charge in [0.2, 0.25) is 0 Å². The summed E-state index contributed by atoms with van der Waals surface area (Å²) in [6, 6.07) is 15.7. The van der Waals surface area contributed by atoms with Crippen LogP contribution in [-0.4, -0.2) is 96.6 Å². The summed E-state index contributed by atoms with van der Waals surface area (Å²) >= 11 is 0. The summed E-state index contributed by atoms with van der Waals surface area (Å²) in [5.74, 6) is 11.5. The second kappa shape index (κ2) is 24.3. The minimum atomic E-state index is -1.65. The Morgan fingerprint density at radius 1 is 0.682 bits per heavy atom. The second-order valence-electron chi connectivity index (χ2n) is 29.6. The van der Waals surface area contributed by atoms with E-state index in [4.69, 9.17) is 14.2 Å². The van der Waals surface area contributed by atoms with E-state index >= 15 is 4.79 Å². The van der Waals surface area contributed by atoms with Crippen LogP contribution in [0.5, 0.6) is 11.5 Å². The molecule has 7 aliphatic heterocycles. The lowest BCUT2D eigenvalue weighted by Gasteiger charge is -2.59. The molecule has 0 radical (unpaired) electrons. The minimum absolute atomic E-state index is 0.0208. The zero-order valence-electron chi connectivity index (χ0n) is 51.4. The van der Waals surface area contributed by atoms with E-state index in [0.29, 0.717) is 83.7 Å². The van der Waals surface area contributed by atoms with Crippen molar-refractivity contribution < 1.29 is 59.2 Å². The van der Waals surface area contributed by atoms with Crippen molar-refractivity contribution in [3.05, 3.63) is 99.1 Å². The van der Waals surface area contributed by atoms with Gasteiger partial charge in [0, 0.05) is 65.9 Å². The Bertz CT molecular complexity index is 3350. The summed E-state index contributed by atoms with van der Waals surface area (Å²) in [6.45, 7) is 1.55. The van der Waals surface area contributed by atoms with Crippen molar-refractivity contribution in [1.82, 2.24) is 0 Å². The van der Waals surface area contributed by atoms with Gasteiger partial charge in [-0.3, -0.25) is 9.59 Å². The van der Waals surface area contributed by atoms with Crippen LogP contribution in [0.4, 0.5) is 5.69 Å². The number of carbonyl (C=O) groups excluding carboxylic acids is 3. The number of anilines is 1. The maximum absolute atomic E-state index is 16.2. The number of fused-ring (bicyclic) bond motifs is 11. The Kier molecular flexibility index (Phi) is 16.6. The Morgan fingerprint density at radius 3 is 2.26 bits per heavy atom. The van der Waals surface area contributed by atoms with Crippen molar-refractivity contribution >= 4 is 23.4 Å². The lowest BCUT2D eigenvalue weighted by atomic mass is 9.48. The fraction of sp³-hybridized carbons (Fsp3) is 0.640. The molecule has 6 aliphatic carbocycles. The van der Waals surface area contributed by atoms with Gasteiger partial charge in [-0.15, -0.1) is 0 Å². The lowest BCUT2D eigenvalue weighted by Crippen LogP contribution is -2.65. The molecule has 7 fully saturated rings. The SMILES string of the molecule is CC1(O)CNc2cc(C3C#CC4CC(=O)Oc5c4cc(c(O)c5C4CCCCC4)CC4OC(=O)C(=CC(O)Cc5cccc(c5)CC5C(=O)CCC6C5CC5CCCCC5C46O)C3)cc(c2)C(O)C2(C#CC3CCC4OC(CCC4C3)C1O)CCCCC2. The number of phenolic OH excluding ortho intramolecular Hbond substituents is 1. The normalized spacial score (nSPS) is 38.2. The van der Waals surface area contributed by atoms with E-state index in [0.717, 1.165) is 114 Å². The quantitative estimate of drug-likeness (QED) is 0.0724. The number of hydrogen-bond donors (Lipinski definition) is 7. The summed E-state index contributed by atoms with van der Waals surface area (Å²) in [4.78, 5) is 44.8. The molecule has 0 amide bonds. The van der Waals surface area contributed by atoms with Crippen molar-refractivity contribution in [3.8, 4) is 35.2 Å². The molecule has 88 heavy (non-hydrogen) atoms. The van der Waals surface area contributed by atoms with Crippen LogP contribution in [0.1, 0.15) is 224 Å². The molecule has 1 spiro atoms. The van der Waals surface area contributed by atoms with E-state index < -0.39 is 76.8 Å². The van der Waals surface area contributed by atoms with Gasteiger partial charge >= 0.3 is 11.9 Å². The third kappa shape index (κ3) is 11.4. The molecule has 13 heteroatoms. The minimum Gasteiger partial charge on any atom is -0.507 e. The fourth-order valence-corrected chi connectivity index (χ4v) is 19.4. The van der Waals surface area contributed by atoms with E-state index in [1.807, 2.05) is 36.4 Å². The number of nitrogens with one attached hydrogen (secondary N) is 1. The monoisotopic (exact) mass is 1200 g/mol. The highest BCUT2D eigenvalue weighted by Crippen LogP contribution is 2.60. The highest BCUT2D eigenvalue weighted by Gasteiger charge is 2.62. The molecule has 468 valence electrons. The molecular formula is C75H91NO12. The summed E-state index contributed by atoms with van der Waals surface area (Å²) in [7, 11) is 0. The number of Topliss-reactive ketones (excluding diaryl/α,β-unsaturated/α-hetero) is 1. The number of aliphatic hydroxyl groups is 5. The standard InChI is InChI=1S/C75H91NO12/c1-73(84)42-76-55-35-51(34-53(36-55)70(81)74(26-8-3-9-27-74)28-25-43-17-23-63-50(30-43)20-24-64(86-63)71(73)82)47-18-19-48-41-66(79)88-69-57(48)39-52(68(80)67(69)46-13-4-2-5-14-46)40-65-75(85)60-16-7-6-15-49(60)38-58-59(62(78)22-21-61(58)75)32-45-12-10-11-44(29-45)31-56(77)37-54(33-47)72(83)87-65/h10-12,29,34-37,39,43,46-50,56,58-61,63-65,70-71,76-77,80-82,84-85H,2-9,13-17,20-24,26-27,30-33,38,40-42H2,1H3. The van der Waals surface area contributed by atoms with E-state index in [1.165, 1.54) is 0 Å². The molecule has 17 atom stereocenters. The third-order valence-electron chi connectivity index (χ3n) is 24.0. The largest absolute Gasteiger partial charge is 0.507 e. The molecule has 3 aromatic carbocycles. The molecule has 13 aliphatic rings. The van der Waals surface area contributed by atoms with E-state index in [-0.39, 0.29) is 97.4 Å². The Labute approximate surface area is 519 Å². The number of ether oxygens (including phenoxy) is 3. The van der Waals surface area contributed by atoms with Gasteiger partial charge in [0.05, 0.1) is 42.2 Å². The average molecular weight is 1200 g/mol. The number of aromatic hydroxyl groups is 1. The van der Waals surface area contributed by atoms with E-state index in [1.54, 1.807) is 13.0 Å². The van der Waals surface area contributed by atoms with E-state index in [9.17, 15) is 40.2 Å². The molecule has 13 nitrogen and oxygen atoms in total. The number of benzene rings is 3. The molecule has 3 aromatic rings. The molecule has 16 bridgehead atoms. The smallest absolute Gasteiger partial charge is 0.334 e. The van der Waals surface area contributed by atoms with Crippen LogP contribution in [0, 0.1) is 70.5 Å². The zero-order valence-corrected chi connectivity index (χ0v) is 51.4. The Balaban J connectivity index is 0.965. The van der Waals surface area contributed by atoms with Gasteiger partial charge < -0.3 is 50.2 Å². The van der Waals surface area contributed by atoms with Gasteiger partial charge in [-0.2, -0.15) is 0 Å². The van der Waals surface area contributed by atoms with Crippen LogP contribution >= 0.6 is 0 Å². The second-order valence-corrected chi connectivity index (χ2v) is 29.6. The van der Waals surface area contributed by atoms with Gasteiger partial charge in [0.15, 0.2) is 0 Å². The van der Waals surface area contributed by atoms with Crippen LogP contribution in [0.3, 0.4) is 0 Å². The summed E-state index contributed by atoms with van der Waals surface area (Å²) < 4.78 is 20.1. The van der Waals surface area contributed by atoms with Crippen molar-refractivity contribution in [2.45, 2.75) is 246 Å². The Morgan fingerprint density at radius 2 is 1.43 bits per heavy atom. The summed E-state index contributed by atoms with van der Waals surface area (Å²) in [5.41, 5.74) is 1.34. The first kappa shape index (κ1) is 60.1. The highest BCUT2D eigenvalue weighted by molar-refractivity contribution is 5.89. The van der Waals surface area contributed by atoms with Crippen molar-refractivity contribution in [1.29, 1.82) is 0 Å². The fourth-order valence-electron chi connectivity index (χ4n) is 19.4. The predicted octanol–water partition coefficient (Wildman–Crippen LogP) is 11.2. The van der Waals surface area contributed by atoms with Crippen molar-refractivity contribution in [2.75, 3.05) is 11.9 Å². The molecule has 6 saturated carbocycles. The number of phenols is 1. The van der Waals surface area contributed by atoms with Crippen molar-refractivity contribution in [2.24, 2.45) is 46.8 Å². The molecule has 1 saturated heterocycles. The number of rotatable bonds is 2. The highest BCUT2D eigenvalue weighted by atomic mass is 16.6.